The van der Waals surface area contributed by atoms with Crippen molar-refractivity contribution in [2.75, 3.05) is 0 Å². The normalized spacial score (nSPS) is 20.1. The van der Waals surface area contributed by atoms with Crippen LogP contribution in [-0.4, -0.2) is 12.3 Å². The summed E-state index contributed by atoms with van der Waals surface area (Å²) in [6.45, 7) is 5.11. The molecule has 0 bridgehead atoms. The lowest BCUT2D eigenvalue weighted by molar-refractivity contribution is 0.132. The number of halogens is 2. The van der Waals surface area contributed by atoms with Gasteiger partial charge in [0.2, 0.25) is 0 Å². The smallest absolute Gasteiger partial charge is 0.105 e. The van der Waals surface area contributed by atoms with Crippen LogP contribution in [0.1, 0.15) is 33.6 Å². The summed E-state index contributed by atoms with van der Waals surface area (Å²) < 4.78 is 25.4. The Balaban J connectivity index is 3.69. The van der Waals surface area contributed by atoms with Crippen molar-refractivity contribution in [1.29, 1.82) is 0 Å². The highest BCUT2D eigenvalue weighted by atomic mass is 19.1. The maximum atomic E-state index is 12.7. The molecule has 0 aromatic carbocycles. The highest BCUT2D eigenvalue weighted by molar-refractivity contribution is 4.70. The van der Waals surface area contributed by atoms with Crippen LogP contribution in [0, 0.1) is 5.92 Å². The summed E-state index contributed by atoms with van der Waals surface area (Å²) in [7, 11) is 0. The van der Waals surface area contributed by atoms with Crippen molar-refractivity contribution in [2.24, 2.45) is 5.92 Å². The minimum Gasteiger partial charge on any atom is -0.247 e. The Morgan fingerprint density at radius 3 is 1.50 bits per heavy atom. The lowest BCUT2D eigenvalue weighted by atomic mass is 9.97. The molecule has 10 heavy (non-hydrogen) atoms. The fourth-order valence-corrected chi connectivity index (χ4v) is 0.970. The molecule has 2 heteroatoms. The average molecular weight is 150 g/mol. The standard InChI is InChI=1S/C8H16F2/c1-4-7(9)6(3)8(10)5-2/h6-8H,4-5H2,1-3H3. The predicted molar refractivity (Wildman–Crippen MR) is 39.5 cm³/mol. The van der Waals surface area contributed by atoms with Gasteiger partial charge in [-0.15, -0.1) is 0 Å². The van der Waals surface area contributed by atoms with E-state index >= 15 is 0 Å². The van der Waals surface area contributed by atoms with Gasteiger partial charge in [0, 0.05) is 5.92 Å². The van der Waals surface area contributed by atoms with Crippen LogP contribution in [0.15, 0.2) is 0 Å². The van der Waals surface area contributed by atoms with Crippen LogP contribution in [-0.2, 0) is 0 Å². The van der Waals surface area contributed by atoms with Gasteiger partial charge in [-0.3, -0.25) is 0 Å². The second kappa shape index (κ2) is 4.64. The molecule has 0 aromatic heterocycles. The number of hydrogen-bond donors (Lipinski definition) is 0. The molecule has 0 saturated heterocycles. The van der Waals surface area contributed by atoms with Gasteiger partial charge in [-0.05, 0) is 12.8 Å². The third-order valence-corrected chi connectivity index (χ3v) is 1.92. The van der Waals surface area contributed by atoms with Crippen LogP contribution in [0.2, 0.25) is 0 Å². The highest BCUT2D eigenvalue weighted by Gasteiger charge is 2.22. The maximum absolute atomic E-state index is 12.7. The van der Waals surface area contributed by atoms with E-state index in [1.807, 2.05) is 0 Å². The molecule has 0 radical (unpaired) electrons. The van der Waals surface area contributed by atoms with Crippen molar-refractivity contribution >= 4 is 0 Å². The Kier molecular flexibility index (Phi) is 4.58. The van der Waals surface area contributed by atoms with E-state index in [9.17, 15) is 8.78 Å². The summed E-state index contributed by atoms with van der Waals surface area (Å²) in [5.41, 5.74) is 0. The molecule has 0 rings (SSSR count). The molecule has 0 amide bonds. The first-order valence-electron chi connectivity index (χ1n) is 3.91. The average Bonchev–Trinajstić information content (AvgIpc) is 2.00. The monoisotopic (exact) mass is 150 g/mol. The van der Waals surface area contributed by atoms with Gasteiger partial charge in [-0.25, -0.2) is 8.78 Å². The second-order valence-corrected chi connectivity index (χ2v) is 2.71. The summed E-state index contributed by atoms with van der Waals surface area (Å²) in [6.07, 6.45) is -1.12. The zero-order chi connectivity index (χ0) is 8.15. The van der Waals surface area contributed by atoms with Crippen molar-refractivity contribution in [3.63, 3.8) is 0 Å². The van der Waals surface area contributed by atoms with Crippen molar-refractivity contribution in [1.82, 2.24) is 0 Å². The van der Waals surface area contributed by atoms with Gasteiger partial charge in [0.1, 0.15) is 12.3 Å². The van der Waals surface area contributed by atoms with Gasteiger partial charge in [-0.2, -0.15) is 0 Å². The van der Waals surface area contributed by atoms with Gasteiger partial charge in [0.15, 0.2) is 0 Å². The van der Waals surface area contributed by atoms with E-state index in [-0.39, 0.29) is 0 Å². The molecular formula is C8H16F2. The van der Waals surface area contributed by atoms with Crippen molar-refractivity contribution in [2.45, 2.75) is 46.0 Å². The molecule has 0 aliphatic rings. The third kappa shape index (κ3) is 2.63. The Bertz CT molecular complexity index is 73.3. The molecule has 0 spiro atoms. The van der Waals surface area contributed by atoms with Crippen molar-refractivity contribution in [3.8, 4) is 0 Å². The number of alkyl halides is 2. The van der Waals surface area contributed by atoms with E-state index in [1.54, 1.807) is 20.8 Å². The lowest BCUT2D eigenvalue weighted by Crippen LogP contribution is -2.22. The molecule has 62 valence electrons. The van der Waals surface area contributed by atoms with Gasteiger partial charge in [0.25, 0.3) is 0 Å². The molecule has 0 aliphatic carbocycles. The van der Waals surface area contributed by atoms with Gasteiger partial charge in [-0.1, -0.05) is 20.8 Å². The van der Waals surface area contributed by atoms with E-state index in [4.69, 9.17) is 0 Å². The van der Waals surface area contributed by atoms with E-state index in [0.29, 0.717) is 12.8 Å². The fraction of sp³-hybridized carbons (Fsp3) is 1.00. The molecular weight excluding hydrogens is 134 g/mol. The van der Waals surface area contributed by atoms with Crippen molar-refractivity contribution < 1.29 is 8.78 Å². The summed E-state index contributed by atoms with van der Waals surface area (Å²) in [4.78, 5) is 0. The summed E-state index contributed by atoms with van der Waals surface area (Å²) >= 11 is 0. The molecule has 0 aromatic rings. The first-order valence-corrected chi connectivity index (χ1v) is 3.91. The van der Waals surface area contributed by atoms with Crippen LogP contribution in [0.3, 0.4) is 0 Å². The summed E-state index contributed by atoms with van der Waals surface area (Å²) in [5.74, 6) is -0.435. The molecule has 0 N–H and O–H groups in total. The highest BCUT2D eigenvalue weighted by Crippen LogP contribution is 2.19. The molecule has 2 unspecified atom stereocenters. The first kappa shape index (κ1) is 9.86. The minimum atomic E-state index is -0.977. The Morgan fingerprint density at radius 1 is 1.00 bits per heavy atom. The first-order chi connectivity index (χ1) is 4.63. The SMILES string of the molecule is CCC(F)C(C)C(F)CC. The van der Waals surface area contributed by atoms with E-state index < -0.39 is 18.3 Å². The summed E-state index contributed by atoms with van der Waals surface area (Å²) in [6, 6.07) is 0. The molecule has 0 fully saturated rings. The van der Waals surface area contributed by atoms with E-state index in [2.05, 4.69) is 0 Å². The number of hydrogen-bond acceptors (Lipinski definition) is 0. The van der Waals surface area contributed by atoms with Crippen LogP contribution >= 0.6 is 0 Å². The topological polar surface area (TPSA) is 0 Å². The van der Waals surface area contributed by atoms with Crippen LogP contribution in [0.4, 0.5) is 8.78 Å². The van der Waals surface area contributed by atoms with Crippen molar-refractivity contribution in [3.05, 3.63) is 0 Å². The Hall–Kier alpha value is -0.140. The maximum Gasteiger partial charge on any atom is 0.105 e. The third-order valence-electron chi connectivity index (χ3n) is 1.92. The molecule has 0 heterocycles. The van der Waals surface area contributed by atoms with Gasteiger partial charge in [0.05, 0.1) is 0 Å². The largest absolute Gasteiger partial charge is 0.247 e. The summed E-state index contributed by atoms with van der Waals surface area (Å²) in [5, 5.41) is 0. The Morgan fingerprint density at radius 2 is 1.30 bits per heavy atom. The van der Waals surface area contributed by atoms with Gasteiger partial charge >= 0.3 is 0 Å². The second-order valence-electron chi connectivity index (χ2n) is 2.71. The minimum absolute atomic E-state index is 0.418. The van der Waals surface area contributed by atoms with Crippen LogP contribution in [0.25, 0.3) is 0 Å². The fourth-order valence-electron chi connectivity index (χ4n) is 0.970. The molecule has 2 atom stereocenters. The van der Waals surface area contributed by atoms with Gasteiger partial charge < -0.3 is 0 Å². The zero-order valence-corrected chi connectivity index (χ0v) is 6.90. The van der Waals surface area contributed by atoms with Crippen LogP contribution < -0.4 is 0 Å². The number of rotatable bonds is 4. The van der Waals surface area contributed by atoms with Crippen LogP contribution in [0.5, 0.6) is 0 Å². The lowest BCUT2D eigenvalue weighted by Gasteiger charge is -2.17. The molecule has 0 saturated carbocycles. The predicted octanol–water partition coefficient (Wildman–Crippen LogP) is 3.12. The quantitative estimate of drug-likeness (QED) is 0.577. The van der Waals surface area contributed by atoms with E-state index in [0.717, 1.165) is 0 Å². The Labute approximate surface area is 61.6 Å². The van der Waals surface area contributed by atoms with E-state index in [1.165, 1.54) is 0 Å². The zero-order valence-electron chi connectivity index (χ0n) is 6.90. The molecule has 0 nitrogen and oxygen atoms in total. The molecule has 0 aliphatic heterocycles.